The number of hydrazine groups is 2. The first-order valence-electron chi connectivity index (χ1n) is 3.80. The van der Waals surface area contributed by atoms with Crippen LogP contribution in [0.15, 0.2) is 4.79 Å². The Morgan fingerprint density at radius 1 is 1.36 bits per heavy atom. The Balaban J connectivity index is 3.27. The molecule has 0 bridgehead atoms. The van der Waals surface area contributed by atoms with E-state index in [9.17, 15) is 4.79 Å². The van der Waals surface area contributed by atoms with Crippen molar-refractivity contribution in [1.29, 1.82) is 0 Å². The molecule has 8 heteroatoms. The third-order valence-electron chi connectivity index (χ3n) is 1.73. The maximum Gasteiger partial charge on any atom is 0.277 e. The molecule has 0 fully saturated rings. The second-order valence-electron chi connectivity index (χ2n) is 2.79. The quantitative estimate of drug-likeness (QED) is 0.323. The van der Waals surface area contributed by atoms with Crippen molar-refractivity contribution in [3.8, 4) is 0 Å². The van der Waals surface area contributed by atoms with Crippen molar-refractivity contribution < 1.29 is 0 Å². The molecule has 0 unspecified atom stereocenters. The molecule has 78 valence electrons. The SMILES string of the molecule is CN(N)N(C)c1nc(N)[nH]c(=O)c1N. The molecule has 1 aromatic rings. The van der Waals surface area contributed by atoms with E-state index in [1.165, 1.54) is 10.1 Å². The number of anilines is 3. The van der Waals surface area contributed by atoms with Crippen LogP contribution in [0.2, 0.25) is 0 Å². The summed E-state index contributed by atoms with van der Waals surface area (Å²) in [5.41, 5.74) is 10.3. The van der Waals surface area contributed by atoms with Gasteiger partial charge in [0.2, 0.25) is 5.95 Å². The minimum Gasteiger partial charge on any atom is -0.391 e. The van der Waals surface area contributed by atoms with E-state index in [0.29, 0.717) is 0 Å². The highest BCUT2D eigenvalue weighted by Crippen LogP contribution is 2.14. The van der Waals surface area contributed by atoms with Crippen molar-refractivity contribution in [2.24, 2.45) is 5.84 Å². The van der Waals surface area contributed by atoms with Gasteiger partial charge in [-0.25, -0.2) is 0 Å². The Labute approximate surface area is 80.2 Å². The summed E-state index contributed by atoms with van der Waals surface area (Å²) >= 11 is 0. The van der Waals surface area contributed by atoms with Gasteiger partial charge < -0.3 is 11.5 Å². The number of H-pyrrole nitrogens is 1. The molecule has 0 atom stereocenters. The van der Waals surface area contributed by atoms with Gasteiger partial charge in [-0.1, -0.05) is 0 Å². The lowest BCUT2D eigenvalue weighted by Crippen LogP contribution is -2.43. The van der Waals surface area contributed by atoms with Crippen molar-refractivity contribution in [1.82, 2.24) is 15.1 Å². The van der Waals surface area contributed by atoms with E-state index in [1.54, 1.807) is 14.1 Å². The van der Waals surface area contributed by atoms with Crippen LogP contribution in [0, 0.1) is 0 Å². The van der Waals surface area contributed by atoms with Gasteiger partial charge in [0.05, 0.1) is 0 Å². The molecule has 1 aromatic heterocycles. The first kappa shape index (κ1) is 10.3. The third-order valence-corrected chi connectivity index (χ3v) is 1.73. The minimum atomic E-state index is -0.485. The number of nitrogen functional groups attached to an aromatic ring is 2. The number of hydrogen-bond donors (Lipinski definition) is 4. The summed E-state index contributed by atoms with van der Waals surface area (Å²) in [5.74, 6) is 5.66. The Morgan fingerprint density at radius 2 is 1.93 bits per heavy atom. The van der Waals surface area contributed by atoms with Crippen LogP contribution in [-0.2, 0) is 0 Å². The number of rotatable bonds is 2. The lowest BCUT2D eigenvalue weighted by atomic mass is 10.4. The number of nitrogens with two attached hydrogens (primary N) is 3. The van der Waals surface area contributed by atoms with E-state index in [2.05, 4.69) is 9.97 Å². The van der Waals surface area contributed by atoms with Crippen LogP contribution in [0.25, 0.3) is 0 Å². The fourth-order valence-electron chi connectivity index (χ4n) is 0.884. The molecule has 8 nitrogen and oxygen atoms in total. The van der Waals surface area contributed by atoms with Gasteiger partial charge in [0.15, 0.2) is 5.82 Å². The molecule has 0 aliphatic heterocycles. The minimum absolute atomic E-state index is 0.00657. The van der Waals surface area contributed by atoms with Crippen molar-refractivity contribution in [3.63, 3.8) is 0 Å². The first-order chi connectivity index (χ1) is 6.43. The summed E-state index contributed by atoms with van der Waals surface area (Å²) < 4.78 is 0. The molecular formula is C6H13N7O. The van der Waals surface area contributed by atoms with E-state index in [1.807, 2.05) is 0 Å². The number of aromatic nitrogens is 2. The van der Waals surface area contributed by atoms with Gasteiger partial charge >= 0.3 is 0 Å². The van der Waals surface area contributed by atoms with E-state index in [4.69, 9.17) is 17.3 Å². The Morgan fingerprint density at radius 3 is 2.43 bits per heavy atom. The van der Waals surface area contributed by atoms with Gasteiger partial charge in [-0.3, -0.25) is 20.6 Å². The molecule has 1 rings (SSSR count). The van der Waals surface area contributed by atoms with E-state index in [0.717, 1.165) is 0 Å². The molecule has 0 saturated carbocycles. The van der Waals surface area contributed by atoms with Crippen LogP contribution in [0.3, 0.4) is 0 Å². The standard InChI is InChI=1S/C6H13N7O/c1-12(13(2)9)4-3(7)5(14)11-6(8)10-4/h7,9H2,1-2H3,(H3,8,10,11,14). The highest BCUT2D eigenvalue weighted by molar-refractivity contribution is 5.61. The van der Waals surface area contributed by atoms with Crippen LogP contribution in [0.5, 0.6) is 0 Å². The molecule has 0 radical (unpaired) electrons. The molecule has 0 spiro atoms. The van der Waals surface area contributed by atoms with Gasteiger partial charge in [-0.2, -0.15) is 10.1 Å². The second kappa shape index (κ2) is 3.52. The predicted octanol–water partition coefficient (Wildman–Crippen LogP) is -1.91. The Bertz CT molecular complexity index is 384. The van der Waals surface area contributed by atoms with Gasteiger partial charge in [0.25, 0.3) is 5.56 Å². The average Bonchev–Trinajstić information content (AvgIpc) is 2.09. The molecule has 0 aliphatic rings. The molecular weight excluding hydrogens is 186 g/mol. The zero-order valence-electron chi connectivity index (χ0n) is 7.98. The highest BCUT2D eigenvalue weighted by Gasteiger charge is 2.13. The van der Waals surface area contributed by atoms with Crippen molar-refractivity contribution in [2.45, 2.75) is 0 Å². The molecule has 0 saturated heterocycles. The summed E-state index contributed by atoms with van der Waals surface area (Å²) in [7, 11) is 3.19. The van der Waals surface area contributed by atoms with Crippen LogP contribution < -0.4 is 27.9 Å². The Kier molecular flexibility index (Phi) is 2.58. The second-order valence-corrected chi connectivity index (χ2v) is 2.79. The maximum absolute atomic E-state index is 11.2. The summed E-state index contributed by atoms with van der Waals surface area (Å²) in [6.45, 7) is 0. The van der Waals surface area contributed by atoms with Crippen molar-refractivity contribution in [3.05, 3.63) is 10.4 Å². The van der Waals surface area contributed by atoms with Crippen LogP contribution in [0.1, 0.15) is 0 Å². The predicted molar refractivity (Wildman–Crippen MR) is 54.0 cm³/mol. The normalized spacial score (nSPS) is 10.6. The monoisotopic (exact) mass is 199 g/mol. The first-order valence-corrected chi connectivity index (χ1v) is 3.80. The fraction of sp³-hybridized carbons (Fsp3) is 0.333. The van der Waals surface area contributed by atoms with Gasteiger partial charge in [-0.05, 0) is 0 Å². The zero-order chi connectivity index (χ0) is 10.9. The number of aromatic amines is 1. The van der Waals surface area contributed by atoms with E-state index in [-0.39, 0.29) is 17.5 Å². The molecule has 7 N–H and O–H groups in total. The highest BCUT2D eigenvalue weighted by atomic mass is 16.1. The summed E-state index contributed by atoms with van der Waals surface area (Å²) in [5, 5.41) is 2.64. The lowest BCUT2D eigenvalue weighted by molar-refractivity contribution is 0.335. The molecule has 0 amide bonds. The largest absolute Gasteiger partial charge is 0.391 e. The van der Waals surface area contributed by atoms with Crippen LogP contribution in [0.4, 0.5) is 17.5 Å². The van der Waals surface area contributed by atoms with Crippen molar-refractivity contribution in [2.75, 3.05) is 30.6 Å². The van der Waals surface area contributed by atoms with Crippen LogP contribution in [-0.4, -0.2) is 29.2 Å². The summed E-state index contributed by atoms with van der Waals surface area (Å²) in [6, 6.07) is 0. The number of nitrogens with one attached hydrogen (secondary N) is 1. The molecule has 0 aliphatic carbocycles. The summed E-state index contributed by atoms with van der Waals surface area (Å²) in [4.78, 5) is 17.3. The van der Waals surface area contributed by atoms with Gasteiger partial charge in [-0.15, -0.1) is 0 Å². The maximum atomic E-state index is 11.2. The fourth-order valence-corrected chi connectivity index (χ4v) is 0.884. The smallest absolute Gasteiger partial charge is 0.277 e. The molecule has 0 aromatic carbocycles. The average molecular weight is 199 g/mol. The van der Waals surface area contributed by atoms with Crippen molar-refractivity contribution >= 4 is 17.5 Å². The van der Waals surface area contributed by atoms with E-state index >= 15 is 0 Å². The van der Waals surface area contributed by atoms with Gasteiger partial charge in [0, 0.05) is 14.1 Å². The Hall–Kier alpha value is -1.80. The number of hydrogen-bond acceptors (Lipinski definition) is 7. The zero-order valence-corrected chi connectivity index (χ0v) is 7.98. The third kappa shape index (κ3) is 1.75. The molecule has 14 heavy (non-hydrogen) atoms. The van der Waals surface area contributed by atoms with Crippen LogP contribution >= 0.6 is 0 Å². The van der Waals surface area contributed by atoms with E-state index < -0.39 is 5.56 Å². The lowest BCUT2D eigenvalue weighted by Gasteiger charge is -2.25. The topological polar surface area (TPSA) is 130 Å². The summed E-state index contributed by atoms with van der Waals surface area (Å²) in [6.07, 6.45) is 0. The van der Waals surface area contributed by atoms with Gasteiger partial charge in [0.1, 0.15) is 5.69 Å². The molecule has 1 heterocycles. The number of nitrogens with zero attached hydrogens (tertiary/aromatic N) is 3.